The van der Waals surface area contributed by atoms with Crippen LogP contribution >= 0.6 is 11.8 Å². The molecular formula is C21H25FN2O2S. The van der Waals surface area contributed by atoms with Crippen molar-refractivity contribution in [2.45, 2.75) is 44.6 Å². The van der Waals surface area contributed by atoms with Gasteiger partial charge < -0.3 is 10.4 Å². The van der Waals surface area contributed by atoms with E-state index in [1.54, 1.807) is 26.0 Å². The minimum atomic E-state index is -0.884. The van der Waals surface area contributed by atoms with Gasteiger partial charge in [-0.15, -0.1) is 0 Å². The van der Waals surface area contributed by atoms with Crippen molar-refractivity contribution in [3.05, 3.63) is 71.0 Å². The highest BCUT2D eigenvalue weighted by atomic mass is 32.2. The molecule has 2 aromatic carbocycles. The van der Waals surface area contributed by atoms with E-state index in [9.17, 15) is 14.3 Å². The second-order valence-corrected chi connectivity index (χ2v) is 8.19. The second-order valence-electron chi connectivity index (χ2n) is 6.87. The molecular weight excluding hydrogens is 363 g/mol. The number of benzene rings is 2. The Kier molecular flexibility index (Phi) is 7.16. The van der Waals surface area contributed by atoms with E-state index in [4.69, 9.17) is 0 Å². The number of rotatable bonds is 6. The highest BCUT2D eigenvalue weighted by Crippen LogP contribution is 2.31. The minimum absolute atomic E-state index is 0.0486. The molecule has 0 aliphatic carbocycles. The molecule has 0 spiro atoms. The van der Waals surface area contributed by atoms with Crippen LogP contribution in [0.25, 0.3) is 0 Å². The highest BCUT2D eigenvalue weighted by molar-refractivity contribution is 8.14. The van der Waals surface area contributed by atoms with Gasteiger partial charge in [0.1, 0.15) is 5.82 Å². The van der Waals surface area contributed by atoms with Crippen LogP contribution in [0.5, 0.6) is 0 Å². The lowest BCUT2D eigenvalue weighted by Crippen LogP contribution is -2.20. The van der Waals surface area contributed by atoms with Gasteiger partial charge in [0.15, 0.2) is 5.17 Å². The molecule has 0 bridgehead atoms. The molecule has 0 aliphatic heterocycles. The zero-order valence-electron chi connectivity index (χ0n) is 15.9. The van der Waals surface area contributed by atoms with Crippen molar-refractivity contribution in [2.75, 3.05) is 0 Å². The zero-order valence-corrected chi connectivity index (χ0v) is 16.8. The Labute approximate surface area is 163 Å². The molecule has 0 fully saturated rings. The highest BCUT2D eigenvalue weighted by Gasteiger charge is 2.17. The summed E-state index contributed by atoms with van der Waals surface area (Å²) in [6, 6.07) is 13.7. The maximum atomic E-state index is 13.1. The topological polar surface area (TPSA) is 61.7 Å². The van der Waals surface area contributed by atoms with Gasteiger partial charge in [0.2, 0.25) is 6.41 Å². The average Bonchev–Trinajstić information content (AvgIpc) is 2.61. The molecule has 144 valence electrons. The van der Waals surface area contributed by atoms with Crippen molar-refractivity contribution >= 4 is 23.3 Å². The number of nitrogens with zero attached hydrogens (tertiary/aromatic N) is 1. The Hall–Kier alpha value is -2.18. The Balaban J connectivity index is 2.14. The van der Waals surface area contributed by atoms with Crippen molar-refractivity contribution in [1.29, 1.82) is 0 Å². The molecule has 1 unspecified atom stereocenters. The maximum Gasteiger partial charge on any atom is 0.213 e. The number of thioether (sulfide) groups is 1. The first-order chi connectivity index (χ1) is 12.7. The van der Waals surface area contributed by atoms with Crippen molar-refractivity contribution < 1.29 is 14.3 Å². The molecule has 0 aliphatic rings. The van der Waals surface area contributed by atoms with Gasteiger partial charge in [-0.05, 0) is 56.5 Å². The normalized spacial score (nSPS) is 14.5. The summed E-state index contributed by atoms with van der Waals surface area (Å²) >= 11 is 1.43. The first-order valence-corrected chi connectivity index (χ1v) is 9.61. The molecule has 27 heavy (non-hydrogen) atoms. The third-order valence-electron chi connectivity index (χ3n) is 4.22. The fraction of sp³-hybridized carbons (Fsp3) is 0.333. The molecule has 0 aromatic heterocycles. The molecule has 0 saturated heterocycles. The summed E-state index contributed by atoms with van der Waals surface area (Å²) in [6.45, 7) is 7.41. The summed E-state index contributed by atoms with van der Waals surface area (Å²) in [5.41, 5.74) is 1.88. The van der Waals surface area contributed by atoms with Crippen LogP contribution in [0.15, 0.2) is 53.5 Å². The number of hydrogen-bond donors (Lipinski definition) is 2. The van der Waals surface area contributed by atoms with Gasteiger partial charge in [0.25, 0.3) is 0 Å². The van der Waals surface area contributed by atoms with E-state index >= 15 is 0 Å². The fourth-order valence-electron chi connectivity index (χ4n) is 2.54. The Bertz CT molecular complexity index is 783. The van der Waals surface area contributed by atoms with E-state index < -0.39 is 5.60 Å². The van der Waals surface area contributed by atoms with E-state index in [1.165, 1.54) is 23.9 Å². The smallest absolute Gasteiger partial charge is 0.213 e. The van der Waals surface area contributed by atoms with Crippen LogP contribution in [-0.4, -0.2) is 16.7 Å². The number of amides is 1. The summed E-state index contributed by atoms with van der Waals surface area (Å²) in [5, 5.41) is 13.3. The summed E-state index contributed by atoms with van der Waals surface area (Å²) < 4.78 is 13.1. The van der Waals surface area contributed by atoms with Gasteiger partial charge in [0, 0.05) is 5.25 Å². The minimum Gasteiger partial charge on any atom is -0.386 e. The molecule has 2 rings (SSSR count). The van der Waals surface area contributed by atoms with E-state index in [2.05, 4.69) is 10.3 Å². The van der Waals surface area contributed by atoms with Crippen LogP contribution in [0.2, 0.25) is 0 Å². The van der Waals surface area contributed by atoms with Crippen LogP contribution in [0.1, 0.15) is 55.7 Å². The Morgan fingerprint density at radius 1 is 1.11 bits per heavy atom. The third kappa shape index (κ3) is 6.19. The molecule has 2 aromatic rings. The van der Waals surface area contributed by atoms with Crippen LogP contribution < -0.4 is 5.32 Å². The number of nitrogens with one attached hydrogen (secondary N) is 1. The number of amidine groups is 1. The number of carbonyl (C=O) groups excluding carboxylic acids is 1. The van der Waals surface area contributed by atoms with E-state index in [0.29, 0.717) is 11.6 Å². The summed E-state index contributed by atoms with van der Waals surface area (Å²) in [7, 11) is 0. The first-order valence-electron chi connectivity index (χ1n) is 8.73. The Morgan fingerprint density at radius 3 is 2.19 bits per heavy atom. The standard InChI is InChI=1S/C21H25FN2O2S/c1-14(16-7-11-19(22)12-8-16)24-20(23-13-25)27-15(2)17-5-9-18(10-6-17)21(3,4)26/h5-15,26H,1-4H3,(H,23,24,25)/t14-,15?/m0/s1. The molecule has 1 amide bonds. The summed E-state index contributed by atoms with van der Waals surface area (Å²) in [5.74, 6) is -0.293. The van der Waals surface area contributed by atoms with Crippen molar-refractivity contribution in [2.24, 2.45) is 4.99 Å². The van der Waals surface area contributed by atoms with E-state index in [0.717, 1.165) is 16.7 Å². The van der Waals surface area contributed by atoms with Crippen molar-refractivity contribution in [3.63, 3.8) is 0 Å². The van der Waals surface area contributed by atoms with Gasteiger partial charge in [-0.3, -0.25) is 9.79 Å². The predicted molar refractivity (Wildman–Crippen MR) is 109 cm³/mol. The van der Waals surface area contributed by atoms with Gasteiger partial charge in [0.05, 0.1) is 11.6 Å². The van der Waals surface area contributed by atoms with Crippen LogP contribution in [0.3, 0.4) is 0 Å². The lowest BCUT2D eigenvalue weighted by molar-refractivity contribution is -0.108. The number of aliphatic hydroxyl groups is 1. The molecule has 4 nitrogen and oxygen atoms in total. The maximum absolute atomic E-state index is 13.1. The fourth-order valence-corrected chi connectivity index (χ4v) is 3.50. The largest absolute Gasteiger partial charge is 0.386 e. The van der Waals surface area contributed by atoms with Crippen molar-refractivity contribution in [1.82, 2.24) is 5.32 Å². The average molecular weight is 389 g/mol. The van der Waals surface area contributed by atoms with Gasteiger partial charge in [-0.25, -0.2) is 4.39 Å². The predicted octanol–water partition coefficient (Wildman–Crippen LogP) is 4.71. The quantitative estimate of drug-likeness (QED) is 0.428. The molecule has 2 N–H and O–H groups in total. The number of aliphatic imine (C=N–C) groups is 1. The number of carbonyl (C=O) groups is 1. The summed E-state index contributed by atoms with van der Waals surface area (Å²) in [4.78, 5) is 15.5. The molecule has 2 atom stereocenters. The van der Waals surface area contributed by atoms with Gasteiger partial charge in [-0.2, -0.15) is 0 Å². The molecule has 0 heterocycles. The molecule has 6 heteroatoms. The van der Waals surface area contributed by atoms with Crippen molar-refractivity contribution in [3.8, 4) is 0 Å². The molecule has 0 radical (unpaired) electrons. The van der Waals surface area contributed by atoms with E-state index in [-0.39, 0.29) is 17.1 Å². The monoisotopic (exact) mass is 388 g/mol. The Morgan fingerprint density at radius 2 is 1.67 bits per heavy atom. The van der Waals surface area contributed by atoms with Gasteiger partial charge >= 0.3 is 0 Å². The summed E-state index contributed by atoms with van der Waals surface area (Å²) in [6.07, 6.45) is 0.604. The lowest BCUT2D eigenvalue weighted by atomic mass is 9.97. The van der Waals surface area contributed by atoms with Gasteiger partial charge in [-0.1, -0.05) is 48.2 Å². The van der Waals surface area contributed by atoms with Crippen LogP contribution in [-0.2, 0) is 10.4 Å². The lowest BCUT2D eigenvalue weighted by Gasteiger charge is -2.19. The molecule has 0 saturated carbocycles. The first kappa shape index (κ1) is 21.1. The number of hydrogen-bond acceptors (Lipinski definition) is 4. The van der Waals surface area contributed by atoms with Crippen LogP contribution in [0.4, 0.5) is 4.39 Å². The van der Waals surface area contributed by atoms with E-state index in [1.807, 2.05) is 38.1 Å². The third-order valence-corrected chi connectivity index (χ3v) is 5.29. The van der Waals surface area contributed by atoms with Crippen LogP contribution in [0, 0.1) is 5.82 Å². The zero-order chi connectivity index (χ0) is 20.0. The number of halogens is 1. The second kappa shape index (κ2) is 9.15. The SMILES string of the molecule is CC(SC(=N[C@@H](C)c1ccc(F)cc1)NC=O)c1ccc(C(C)(C)O)cc1.